The number of fused-ring (bicyclic) bond motifs is 1. The van der Waals surface area contributed by atoms with E-state index in [0.29, 0.717) is 23.4 Å². The standard InChI is InChI=1S/C18H16N2O4/c1-2-23-15-9-4-3-7-13(15)20-18(22)12-10-11-6-5-8-14(21)16(11)24-17(12)19/h3-10,19,21H,2H2,1H3,(H,20,22). The number of aromatic hydroxyl groups is 1. The van der Waals surface area contributed by atoms with Crippen molar-refractivity contribution in [1.82, 2.24) is 0 Å². The van der Waals surface area contributed by atoms with Gasteiger partial charge < -0.3 is 19.6 Å². The quantitative estimate of drug-likeness (QED) is 0.686. The van der Waals surface area contributed by atoms with Crippen LogP contribution in [0, 0.1) is 5.41 Å². The van der Waals surface area contributed by atoms with E-state index >= 15 is 0 Å². The normalized spacial score (nSPS) is 10.5. The van der Waals surface area contributed by atoms with Crippen LogP contribution < -0.4 is 15.6 Å². The number of carbonyl (C=O) groups is 1. The summed E-state index contributed by atoms with van der Waals surface area (Å²) in [7, 11) is 0. The Bertz CT molecular complexity index is 963. The summed E-state index contributed by atoms with van der Waals surface area (Å²) in [6.45, 7) is 2.33. The third-order valence-corrected chi connectivity index (χ3v) is 3.45. The molecule has 0 aliphatic carbocycles. The number of benzene rings is 2. The summed E-state index contributed by atoms with van der Waals surface area (Å²) >= 11 is 0. The number of rotatable bonds is 4. The average molecular weight is 324 g/mol. The Morgan fingerprint density at radius 2 is 2.04 bits per heavy atom. The predicted octanol–water partition coefficient (Wildman–Crippen LogP) is 3.27. The highest BCUT2D eigenvalue weighted by molar-refractivity contribution is 6.06. The van der Waals surface area contributed by atoms with Crippen LogP contribution in [0.5, 0.6) is 11.5 Å². The van der Waals surface area contributed by atoms with Crippen molar-refractivity contribution >= 4 is 22.6 Å². The Hall–Kier alpha value is -3.28. The summed E-state index contributed by atoms with van der Waals surface area (Å²) in [4.78, 5) is 12.5. The van der Waals surface area contributed by atoms with Crippen LogP contribution in [-0.2, 0) is 0 Å². The van der Waals surface area contributed by atoms with Crippen LogP contribution in [0.1, 0.15) is 17.3 Å². The van der Waals surface area contributed by atoms with E-state index in [9.17, 15) is 9.90 Å². The topological polar surface area (TPSA) is 95.6 Å². The van der Waals surface area contributed by atoms with Crippen molar-refractivity contribution in [3.05, 3.63) is 59.6 Å². The first kappa shape index (κ1) is 15.6. The lowest BCUT2D eigenvalue weighted by atomic mass is 10.1. The zero-order valence-corrected chi connectivity index (χ0v) is 13.0. The fourth-order valence-corrected chi connectivity index (χ4v) is 2.35. The van der Waals surface area contributed by atoms with Gasteiger partial charge in [-0.25, -0.2) is 0 Å². The maximum absolute atomic E-state index is 12.5. The molecule has 3 N–H and O–H groups in total. The van der Waals surface area contributed by atoms with Gasteiger partial charge >= 0.3 is 0 Å². The monoisotopic (exact) mass is 324 g/mol. The molecule has 6 nitrogen and oxygen atoms in total. The number of hydrogen-bond acceptors (Lipinski definition) is 5. The Labute approximate surface area is 137 Å². The van der Waals surface area contributed by atoms with Crippen LogP contribution in [0.15, 0.2) is 52.9 Å². The molecule has 0 saturated heterocycles. The van der Waals surface area contributed by atoms with Crippen LogP contribution >= 0.6 is 0 Å². The van der Waals surface area contributed by atoms with Gasteiger partial charge in [-0.15, -0.1) is 0 Å². The molecule has 0 atom stereocenters. The third kappa shape index (κ3) is 2.94. The number of hydrogen-bond donors (Lipinski definition) is 3. The lowest BCUT2D eigenvalue weighted by molar-refractivity contribution is 0.102. The molecule has 0 fully saturated rings. The van der Waals surface area contributed by atoms with Gasteiger partial charge in [-0.05, 0) is 31.2 Å². The molecule has 0 saturated carbocycles. The number of phenolic OH excluding ortho intramolecular Hbond substituents is 1. The molecule has 24 heavy (non-hydrogen) atoms. The van der Waals surface area contributed by atoms with Crippen molar-refractivity contribution in [2.45, 2.75) is 6.92 Å². The molecule has 0 unspecified atom stereocenters. The summed E-state index contributed by atoms with van der Waals surface area (Å²) in [6, 6.07) is 13.4. The van der Waals surface area contributed by atoms with Crippen molar-refractivity contribution in [3.63, 3.8) is 0 Å². The number of amides is 1. The third-order valence-electron chi connectivity index (χ3n) is 3.45. The SMILES string of the molecule is CCOc1ccccc1NC(=O)c1cc2cccc(O)c2oc1=N. The highest BCUT2D eigenvalue weighted by Gasteiger charge is 2.15. The molecule has 2 aromatic carbocycles. The van der Waals surface area contributed by atoms with Gasteiger partial charge in [0.2, 0.25) is 5.55 Å². The molecule has 122 valence electrons. The number of carbonyl (C=O) groups excluding carboxylic acids is 1. The average Bonchev–Trinajstić information content (AvgIpc) is 2.57. The van der Waals surface area contributed by atoms with E-state index in [0.717, 1.165) is 0 Å². The van der Waals surface area contributed by atoms with Crippen molar-refractivity contribution in [2.75, 3.05) is 11.9 Å². The van der Waals surface area contributed by atoms with Crippen LogP contribution in [0.3, 0.4) is 0 Å². The highest BCUT2D eigenvalue weighted by atomic mass is 16.5. The minimum atomic E-state index is -0.485. The van der Waals surface area contributed by atoms with Crippen LogP contribution in [0.4, 0.5) is 5.69 Å². The summed E-state index contributed by atoms with van der Waals surface area (Å²) < 4.78 is 10.8. The second-order valence-electron chi connectivity index (χ2n) is 5.07. The fourth-order valence-electron chi connectivity index (χ4n) is 2.35. The summed E-state index contributed by atoms with van der Waals surface area (Å²) in [5.41, 5.74) is 0.434. The zero-order valence-electron chi connectivity index (χ0n) is 13.0. The Morgan fingerprint density at radius 3 is 2.83 bits per heavy atom. The molecular formula is C18H16N2O4. The van der Waals surface area contributed by atoms with Gasteiger partial charge in [0.15, 0.2) is 11.3 Å². The molecule has 0 radical (unpaired) electrons. The lowest BCUT2D eigenvalue weighted by Gasteiger charge is -2.11. The second kappa shape index (κ2) is 6.45. The smallest absolute Gasteiger partial charge is 0.261 e. The van der Waals surface area contributed by atoms with Crippen molar-refractivity contribution in [1.29, 1.82) is 5.41 Å². The maximum atomic E-state index is 12.5. The molecule has 1 heterocycles. The zero-order chi connectivity index (χ0) is 17.1. The maximum Gasteiger partial charge on any atom is 0.261 e. The van der Waals surface area contributed by atoms with Gasteiger partial charge in [0.05, 0.1) is 12.3 Å². The second-order valence-corrected chi connectivity index (χ2v) is 5.07. The van der Waals surface area contributed by atoms with Gasteiger partial charge in [-0.2, -0.15) is 0 Å². The number of nitrogens with one attached hydrogen (secondary N) is 2. The molecule has 3 rings (SSSR count). The van der Waals surface area contributed by atoms with Crippen LogP contribution in [0.25, 0.3) is 11.0 Å². The Kier molecular flexibility index (Phi) is 4.20. The number of para-hydroxylation sites is 3. The highest BCUT2D eigenvalue weighted by Crippen LogP contribution is 2.26. The lowest BCUT2D eigenvalue weighted by Crippen LogP contribution is -2.21. The van der Waals surface area contributed by atoms with E-state index in [-0.39, 0.29) is 22.5 Å². The van der Waals surface area contributed by atoms with Crippen molar-refractivity contribution < 1.29 is 19.1 Å². The van der Waals surface area contributed by atoms with E-state index in [4.69, 9.17) is 14.6 Å². The van der Waals surface area contributed by atoms with E-state index in [1.807, 2.05) is 13.0 Å². The van der Waals surface area contributed by atoms with Crippen molar-refractivity contribution in [2.24, 2.45) is 0 Å². The number of phenols is 1. The molecule has 3 aromatic rings. The first-order chi connectivity index (χ1) is 11.6. The summed E-state index contributed by atoms with van der Waals surface area (Å²) in [5.74, 6) is -0.00829. The van der Waals surface area contributed by atoms with Gasteiger partial charge in [0.1, 0.15) is 11.3 Å². The fraction of sp³-hybridized carbons (Fsp3) is 0.111. The molecule has 1 aromatic heterocycles. The van der Waals surface area contributed by atoms with E-state index in [2.05, 4.69) is 5.32 Å². The number of ether oxygens (including phenoxy) is 1. The number of anilines is 1. The molecule has 0 bridgehead atoms. The summed E-state index contributed by atoms with van der Waals surface area (Å²) in [6.07, 6.45) is 0. The minimum absolute atomic E-state index is 0.0689. The van der Waals surface area contributed by atoms with E-state index in [1.54, 1.807) is 30.3 Å². The van der Waals surface area contributed by atoms with Gasteiger partial charge in [0, 0.05) is 5.39 Å². The molecular weight excluding hydrogens is 308 g/mol. The van der Waals surface area contributed by atoms with Crippen molar-refractivity contribution in [3.8, 4) is 11.5 Å². The van der Waals surface area contributed by atoms with Gasteiger partial charge in [-0.3, -0.25) is 10.2 Å². The van der Waals surface area contributed by atoms with E-state index in [1.165, 1.54) is 12.1 Å². The van der Waals surface area contributed by atoms with E-state index < -0.39 is 5.91 Å². The molecule has 0 aliphatic heterocycles. The van der Waals surface area contributed by atoms with Gasteiger partial charge in [0.25, 0.3) is 5.91 Å². The molecule has 6 heteroatoms. The molecule has 0 aliphatic rings. The first-order valence-corrected chi connectivity index (χ1v) is 7.43. The first-order valence-electron chi connectivity index (χ1n) is 7.43. The summed E-state index contributed by atoms with van der Waals surface area (Å²) in [5, 5.41) is 20.9. The molecule has 0 spiro atoms. The van der Waals surface area contributed by atoms with Crippen LogP contribution in [0.2, 0.25) is 0 Å². The van der Waals surface area contributed by atoms with Gasteiger partial charge in [-0.1, -0.05) is 24.3 Å². The predicted molar refractivity (Wildman–Crippen MR) is 89.3 cm³/mol. The Balaban J connectivity index is 1.98. The Morgan fingerprint density at radius 1 is 1.25 bits per heavy atom. The minimum Gasteiger partial charge on any atom is -0.504 e. The molecule has 1 amide bonds. The largest absolute Gasteiger partial charge is 0.504 e. The van der Waals surface area contributed by atoms with Crippen LogP contribution in [-0.4, -0.2) is 17.6 Å².